The minimum absolute atomic E-state index is 0.169. The highest BCUT2D eigenvalue weighted by molar-refractivity contribution is 6.06. The molecule has 0 radical (unpaired) electrons. The fourth-order valence-electron chi connectivity index (χ4n) is 3.71. The minimum Gasteiger partial charge on any atom is -0.431 e. The van der Waals surface area contributed by atoms with Crippen LogP contribution in [0.3, 0.4) is 0 Å². The monoisotopic (exact) mass is 296 g/mol. The van der Waals surface area contributed by atoms with Crippen molar-refractivity contribution in [3.63, 3.8) is 0 Å². The van der Waals surface area contributed by atoms with Gasteiger partial charge in [0.25, 0.3) is 0 Å². The molecule has 0 heterocycles. The van der Waals surface area contributed by atoms with Gasteiger partial charge in [0.1, 0.15) is 5.76 Å². The zero-order valence-corrected chi connectivity index (χ0v) is 13.3. The molecule has 0 aliphatic heterocycles. The van der Waals surface area contributed by atoms with Gasteiger partial charge in [0.2, 0.25) is 0 Å². The molecular formula is C19H20O3. The van der Waals surface area contributed by atoms with Crippen molar-refractivity contribution >= 4 is 17.3 Å². The minimum atomic E-state index is -0.760. The second-order valence-corrected chi connectivity index (χ2v) is 6.82. The SMILES string of the molecule is CC(=O)OC1=C[C@]2(C)C(=O)C(C)(C)[C@H]1C=C2c1ccccc1. The first-order valence-corrected chi connectivity index (χ1v) is 7.50. The summed E-state index contributed by atoms with van der Waals surface area (Å²) in [5, 5.41) is 0. The molecule has 22 heavy (non-hydrogen) atoms. The van der Waals surface area contributed by atoms with Crippen LogP contribution in [0.15, 0.2) is 48.2 Å². The van der Waals surface area contributed by atoms with E-state index in [9.17, 15) is 9.59 Å². The van der Waals surface area contributed by atoms with E-state index in [0.29, 0.717) is 5.76 Å². The molecule has 3 aliphatic rings. The van der Waals surface area contributed by atoms with Gasteiger partial charge in [0, 0.05) is 18.3 Å². The molecule has 1 aromatic carbocycles. The van der Waals surface area contributed by atoms with Gasteiger partial charge < -0.3 is 4.74 Å². The molecule has 0 fully saturated rings. The molecule has 0 spiro atoms. The molecule has 2 bridgehead atoms. The Morgan fingerprint density at radius 3 is 2.36 bits per heavy atom. The summed E-state index contributed by atoms with van der Waals surface area (Å²) in [6.45, 7) is 7.15. The summed E-state index contributed by atoms with van der Waals surface area (Å²) in [5.74, 6) is 0.211. The Balaban J connectivity index is 2.16. The molecular weight excluding hydrogens is 276 g/mol. The van der Waals surface area contributed by atoms with E-state index < -0.39 is 10.8 Å². The van der Waals surface area contributed by atoms with Crippen molar-refractivity contribution in [2.75, 3.05) is 0 Å². The average Bonchev–Trinajstić information content (AvgIpc) is 2.45. The third kappa shape index (κ3) is 1.96. The van der Waals surface area contributed by atoms with Crippen LogP contribution in [0.1, 0.15) is 33.3 Å². The van der Waals surface area contributed by atoms with Gasteiger partial charge in [-0.3, -0.25) is 9.59 Å². The number of ketones is 1. The number of carbonyl (C=O) groups is 2. The first-order chi connectivity index (χ1) is 10.3. The molecule has 3 nitrogen and oxygen atoms in total. The van der Waals surface area contributed by atoms with E-state index in [1.54, 1.807) is 0 Å². The van der Waals surface area contributed by atoms with Crippen LogP contribution in [-0.4, -0.2) is 11.8 Å². The Hall–Kier alpha value is -2.16. The van der Waals surface area contributed by atoms with Crippen molar-refractivity contribution in [1.82, 2.24) is 0 Å². The lowest BCUT2D eigenvalue weighted by molar-refractivity contribution is -0.143. The maximum absolute atomic E-state index is 13.0. The lowest BCUT2D eigenvalue weighted by Crippen LogP contribution is -2.51. The number of carbonyl (C=O) groups excluding carboxylic acids is 2. The van der Waals surface area contributed by atoms with E-state index in [1.165, 1.54) is 6.92 Å². The molecule has 0 N–H and O–H groups in total. The van der Waals surface area contributed by atoms with E-state index >= 15 is 0 Å². The zero-order valence-electron chi connectivity index (χ0n) is 13.3. The van der Waals surface area contributed by atoms with Crippen LogP contribution in [0.4, 0.5) is 0 Å². The topological polar surface area (TPSA) is 43.4 Å². The Labute approximate surface area is 130 Å². The van der Waals surface area contributed by atoms with E-state index in [-0.39, 0.29) is 17.7 Å². The third-order valence-corrected chi connectivity index (χ3v) is 4.81. The van der Waals surface area contributed by atoms with E-state index in [2.05, 4.69) is 6.08 Å². The predicted molar refractivity (Wildman–Crippen MR) is 84.7 cm³/mol. The summed E-state index contributed by atoms with van der Waals surface area (Å²) in [6, 6.07) is 9.91. The van der Waals surface area contributed by atoms with Gasteiger partial charge in [0.15, 0.2) is 5.78 Å². The van der Waals surface area contributed by atoms with Gasteiger partial charge in [-0.15, -0.1) is 0 Å². The molecule has 0 amide bonds. The highest BCUT2D eigenvalue weighted by Crippen LogP contribution is 2.57. The van der Waals surface area contributed by atoms with Gasteiger partial charge in [-0.2, -0.15) is 0 Å². The summed E-state index contributed by atoms with van der Waals surface area (Å²) in [7, 11) is 0. The summed E-state index contributed by atoms with van der Waals surface area (Å²) in [5.41, 5.74) is 0.701. The van der Waals surface area contributed by atoms with Crippen molar-refractivity contribution in [3.05, 3.63) is 53.8 Å². The second-order valence-electron chi connectivity index (χ2n) is 6.82. The number of hydrogen-bond acceptors (Lipinski definition) is 3. The number of hydrogen-bond donors (Lipinski definition) is 0. The number of Topliss-reactive ketones (excluding diaryl/α,β-unsaturated/α-hetero) is 1. The molecule has 114 valence electrons. The van der Waals surface area contributed by atoms with Crippen LogP contribution in [0.25, 0.3) is 5.57 Å². The number of benzene rings is 1. The molecule has 3 heteroatoms. The van der Waals surface area contributed by atoms with E-state index in [1.807, 2.05) is 57.2 Å². The van der Waals surface area contributed by atoms with Crippen LogP contribution < -0.4 is 0 Å². The first kappa shape index (κ1) is 14.8. The molecule has 3 aliphatic carbocycles. The Bertz CT molecular complexity index is 709. The number of esters is 1. The lowest BCUT2D eigenvalue weighted by atomic mass is 9.53. The summed E-state index contributed by atoms with van der Waals surface area (Å²) in [6.07, 6.45) is 3.92. The number of ether oxygens (including phenoxy) is 1. The quantitative estimate of drug-likeness (QED) is 0.780. The highest BCUT2D eigenvalue weighted by atomic mass is 16.5. The van der Waals surface area contributed by atoms with Crippen molar-refractivity contribution in [2.24, 2.45) is 16.7 Å². The van der Waals surface area contributed by atoms with Crippen LogP contribution in [0.2, 0.25) is 0 Å². The van der Waals surface area contributed by atoms with Crippen LogP contribution in [0, 0.1) is 16.7 Å². The van der Waals surface area contributed by atoms with Crippen molar-refractivity contribution in [2.45, 2.75) is 27.7 Å². The first-order valence-electron chi connectivity index (χ1n) is 7.50. The summed E-state index contributed by atoms with van der Waals surface area (Å²) < 4.78 is 5.38. The molecule has 0 saturated carbocycles. The Kier molecular flexibility index (Phi) is 3.13. The molecule has 1 aromatic rings. The maximum atomic E-state index is 13.0. The Morgan fingerprint density at radius 1 is 1.14 bits per heavy atom. The van der Waals surface area contributed by atoms with E-state index in [4.69, 9.17) is 4.74 Å². The second kappa shape index (κ2) is 4.67. The standard InChI is InChI=1S/C19H20O3/c1-12(20)22-16-11-19(4)14(13-8-6-5-7-9-13)10-15(16)18(2,3)17(19)21/h5-11,15H,1-4H3/t15-,19-/m0/s1. The van der Waals surface area contributed by atoms with Gasteiger partial charge in [-0.05, 0) is 24.1 Å². The molecule has 0 unspecified atom stereocenters. The highest BCUT2D eigenvalue weighted by Gasteiger charge is 2.56. The zero-order chi connectivity index (χ0) is 16.1. The van der Waals surface area contributed by atoms with Gasteiger partial charge >= 0.3 is 5.97 Å². The van der Waals surface area contributed by atoms with Gasteiger partial charge in [0.05, 0.1) is 5.41 Å². The van der Waals surface area contributed by atoms with Gasteiger partial charge in [-0.25, -0.2) is 0 Å². The smallest absolute Gasteiger partial charge is 0.307 e. The number of fused-ring (bicyclic) bond motifs is 1. The molecule has 2 atom stereocenters. The number of allylic oxidation sites excluding steroid dienone is 3. The van der Waals surface area contributed by atoms with Crippen LogP contribution in [-0.2, 0) is 14.3 Å². The predicted octanol–water partition coefficient (Wildman–Crippen LogP) is 3.76. The van der Waals surface area contributed by atoms with Crippen LogP contribution >= 0.6 is 0 Å². The largest absolute Gasteiger partial charge is 0.431 e. The third-order valence-electron chi connectivity index (χ3n) is 4.81. The van der Waals surface area contributed by atoms with Crippen LogP contribution in [0.5, 0.6) is 0 Å². The van der Waals surface area contributed by atoms with Crippen molar-refractivity contribution < 1.29 is 14.3 Å². The molecule has 0 aromatic heterocycles. The molecule has 4 rings (SSSR count). The average molecular weight is 296 g/mol. The normalized spacial score (nSPS) is 28.9. The van der Waals surface area contributed by atoms with Crippen molar-refractivity contribution in [1.29, 1.82) is 0 Å². The fourth-order valence-corrected chi connectivity index (χ4v) is 3.71. The number of rotatable bonds is 2. The lowest BCUT2D eigenvalue weighted by Gasteiger charge is -2.49. The van der Waals surface area contributed by atoms with Crippen molar-refractivity contribution in [3.8, 4) is 0 Å². The fraction of sp³-hybridized carbons (Fsp3) is 0.368. The van der Waals surface area contributed by atoms with Gasteiger partial charge in [-0.1, -0.05) is 50.3 Å². The maximum Gasteiger partial charge on any atom is 0.307 e. The molecule has 0 saturated heterocycles. The Morgan fingerprint density at radius 2 is 1.77 bits per heavy atom. The van der Waals surface area contributed by atoms with E-state index in [0.717, 1.165) is 11.1 Å². The summed E-state index contributed by atoms with van der Waals surface area (Å²) >= 11 is 0. The summed E-state index contributed by atoms with van der Waals surface area (Å²) in [4.78, 5) is 24.4.